The third-order valence-electron chi connectivity index (χ3n) is 5.87. The predicted octanol–water partition coefficient (Wildman–Crippen LogP) is 9.81. The van der Waals surface area contributed by atoms with E-state index in [-0.39, 0.29) is 12.8 Å². The molecule has 36 heavy (non-hydrogen) atoms. The van der Waals surface area contributed by atoms with Gasteiger partial charge in [0.15, 0.2) is 0 Å². The van der Waals surface area contributed by atoms with Crippen LogP contribution in [0.25, 0.3) is 0 Å². The Morgan fingerprint density at radius 1 is 0.500 bits per heavy atom. The molecule has 0 aliphatic carbocycles. The third-order valence-corrected chi connectivity index (χ3v) is 8.66. The maximum absolute atomic E-state index is 13.5. The van der Waals surface area contributed by atoms with Gasteiger partial charge in [-0.3, -0.25) is 4.21 Å². The molecule has 14 heteroatoms. The Hall–Kier alpha value is 0.0300. The van der Waals surface area contributed by atoms with Crippen molar-refractivity contribution in [1.82, 2.24) is 0 Å². The lowest BCUT2D eigenvalue weighted by atomic mass is 10.0. The predicted molar refractivity (Wildman–Crippen MR) is 124 cm³/mol. The van der Waals surface area contributed by atoms with E-state index >= 15 is 0 Å². The Labute approximate surface area is 218 Å². The molecule has 1 nitrogen and oxygen atoms in total. The molecule has 2 unspecified atom stereocenters. The SMILES string of the molecule is O=S(C(CCCCCCCl)CCC(F)(F)C(F)(F)F)C(CCCCCCCl)CCC(F)(F)C(F)(F)F. The zero-order chi connectivity index (χ0) is 28.0. The standard InChI is InChI=1S/C22H34Cl2F10OS/c23-15-7-3-1-5-9-17(11-13-19(25,26)21(29,30)31)36(35)18(10-6-2-4-8-16-24)12-14-20(27,28)22(32,33)34/h17-18H,1-16H2. The van der Waals surface area contributed by atoms with Gasteiger partial charge in [0.05, 0.1) is 0 Å². The van der Waals surface area contributed by atoms with Gasteiger partial charge in [-0.15, -0.1) is 23.2 Å². The Morgan fingerprint density at radius 2 is 0.806 bits per heavy atom. The minimum atomic E-state index is -5.81. The Morgan fingerprint density at radius 3 is 1.08 bits per heavy atom. The van der Waals surface area contributed by atoms with Gasteiger partial charge in [-0.05, 0) is 38.5 Å². The molecule has 0 N–H and O–H groups in total. The number of halogens is 12. The smallest absolute Gasteiger partial charge is 0.259 e. The number of hydrogen-bond acceptors (Lipinski definition) is 1. The summed E-state index contributed by atoms with van der Waals surface area (Å²) in [6, 6.07) is 0. The summed E-state index contributed by atoms with van der Waals surface area (Å²) in [7, 11) is -2.19. The second kappa shape index (κ2) is 16.9. The second-order valence-electron chi connectivity index (χ2n) is 8.84. The Bertz CT molecular complexity index is 565. The summed E-state index contributed by atoms with van der Waals surface area (Å²) >= 11 is 11.1. The topological polar surface area (TPSA) is 17.1 Å². The quantitative estimate of drug-likeness (QED) is 0.0765. The van der Waals surface area contributed by atoms with Gasteiger partial charge < -0.3 is 0 Å². The molecule has 0 saturated heterocycles. The fourth-order valence-corrected chi connectivity index (χ4v) is 6.05. The van der Waals surface area contributed by atoms with E-state index in [0.717, 1.165) is 0 Å². The molecule has 0 radical (unpaired) electrons. The van der Waals surface area contributed by atoms with Crippen LogP contribution >= 0.6 is 23.2 Å². The van der Waals surface area contributed by atoms with Crippen molar-refractivity contribution in [3.05, 3.63) is 0 Å². The summed E-state index contributed by atoms with van der Waals surface area (Å²) in [5.74, 6) is -9.33. The summed E-state index contributed by atoms with van der Waals surface area (Å²) in [4.78, 5) is 0. The fourth-order valence-electron chi connectivity index (χ4n) is 3.63. The van der Waals surface area contributed by atoms with E-state index in [4.69, 9.17) is 23.2 Å². The maximum atomic E-state index is 13.5. The first-order valence-corrected chi connectivity index (χ1v) is 14.2. The zero-order valence-corrected chi connectivity index (χ0v) is 22.1. The van der Waals surface area contributed by atoms with Crippen molar-refractivity contribution in [2.45, 2.75) is 125 Å². The van der Waals surface area contributed by atoms with E-state index in [1.165, 1.54) is 0 Å². The van der Waals surface area contributed by atoms with Gasteiger partial charge in [0.25, 0.3) is 0 Å². The van der Waals surface area contributed by atoms with Crippen molar-refractivity contribution in [1.29, 1.82) is 0 Å². The molecule has 0 amide bonds. The molecular weight excluding hydrogens is 573 g/mol. The van der Waals surface area contributed by atoms with Crippen molar-refractivity contribution in [2.24, 2.45) is 0 Å². The first-order chi connectivity index (χ1) is 16.5. The zero-order valence-electron chi connectivity index (χ0n) is 19.8. The molecule has 0 aromatic rings. The van der Waals surface area contributed by atoms with E-state index in [2.05, 4.69) is 0 Å². The first-order valence-electron chi connectivity index (χ1n) is 11.9. The first kappa shape index (κ1) is 36.0. The number of rotatable bonds is 20. The van der Waals surface area contributed by atoms with E-state index < -0.39 is 71.2 Å². The lowest BCUT2D eigenvalue weighted by molar-refractivity contribution is -0.284. The van der Waals surface area contributed by atoms with Gasteiger partial charge >= 0.3 is 24.2 Å². The average Bonchev–Trinajstić information content (AvgIpc) is 2.75. The van der Waals surface area contributed by atoms with Gasteiger partial charge in [0.2, 0.25) is 0 Å². The second-order valence-corrected chi connectivity index (χ2v) is 11.6. The van der Waals surface area contributed by atoms with Crippen molar-refractivity contribution >= 4 is 34.0 Å². The highest BCUT2D eigenvalue weighted by Crippen LogP contribution is 2.42. The van der Waals surface area contributed by atoms with Crippen LogP contribution < -0.4 is 0 Å². The molecule has 0 aliphatic rings. The number of alkyl halides is 12. The molecule has 0 aliphatic heterocycles. The van der Waals surface area contributed by atoms with Gasteiger partial charge in [0.1, 0.15) is 0 Å². The summed E-state index contributed by atoms with van der Waals surface area (Å²) in [5.41, 5.74) is 0. The molecule has 0 bridgehead atoms. The molecule has 0 rings (SSSR count). The summed E-state index contributed by atoms with van der Waals surface area (Å²) in [6.45, 7) is 0. The average molecular weight is 607 g/mol. The van der Waals surface area contributed by atoms with Crippen LogP contribution in [0.5, 0.6) is 0 Å². The maximum Gasteiger partial charge on any atom is 0.453 e. The largest absolute Gasteiger partial charge is 0.453 e. The van der Waals surface area contributed by atoms with Crippen LogP contribution in [0.3, 0.4) is 0 Å². The Balaban J connectivity index is 5.57. The minimum Gasteiger partial charge on any atom is -0.259 e. The highest BCUT2D eigenvalue weighted by molar-refractivity contribution is 7.86. The fraction of sp³-hybridized carbons (Fsp3) is 1.00. The molecule has 0 fully saturated rings. The molecule has 0 aromatic heterocycles. The minimum absolute atomic E-state index is 0.0127. The highest BCUT2D eigenvalue weighted by Gasteiger charge is 2.58. The number of hydrogen-bond donors (Lipinski definition) is 0. The van der Waals surface area contributed by atoms with E-state index in [9.17, 15) is 48.1 Å². The normalized spacial score (nSPS) is 16.2. The van der Waals surface area contributed by atoms with Crippen molar-refractivity contribution in [2.75, 3.05) is 11.8 Å². The van der Waals surface area contributed by atoms with Gasteiger partial charge in [-0.2, -0.15) is 43.9 Å². The lowest BCUT2D eigenvalue weighted by Gasteiger charge is -2.27. The number of unbranched alkanes of at least 4 members (excludes halogenated alkanes) is 6. The van der Waals surface area contributed by atoms with Crippen LogP contribution in [-0.4, -0.2) is 50.7 Å². The molecule has 2 atom stereocenters. The van der Waals surface area contributed by atoms with Gasteiger partial charge in [-0.1, -0.05) is 38.5 Å². The summed E-state index contributed by atoms with van der Waals surface area (Å²) < 4.78 is 143. The lowest BCUT2D eigenvalue weighted by Crippen LogP contribution is -2.39. The summed E-state index contributed by atoms with van der Waals surface area (Å²) in [6.07, 6.45) is -12.3. The van der Waals surface area contributed by atoms with E-state index in [0.29, 0.717) is 63.1 Å². The molecule has 0 heterocycles. The third kappa shape index (κ3) is 13.7. The summed E-state index contributed by atoms with van der Waals surface area (Å²) in [5, 5.41) is -2.39. The van der Waals surface area contributed by atoms with Crippen LogP contribution in [0.2, 0.25) is 0 Å². The van der Waals surface area contributed by atoms with Gasteiger partial charge in [0, 0.05) is 45.9 Å². The van der Waals surface area contributed by atoms with Crippen LogP contribution in [0.1, 0.15) is 89.9 Å². The molecule has 0 saturated carbocycles. The van der Waals surface area contributed by atoms with Gasteiger partial charge in [-0.25, -0.2) is 0 Å². The van der Waals surface area contributed by atoms with Crippen LogP contribution in [0, 0.1) is 0 Å². The van der Waals surface area contributed by atoms with E-state index in [1.54, 1.807) is 0 Å². The monoisotopic (exact) mass is 606 g/mol. The highest BCUT2D eigenvalue weighted by atomic mass is 35.5. The van der Waals surface area contributed by atoms with E-state index in [1.807, 2.05) is 0 Å². The van der Waals surface area contributed by atoms with Crippen molar-refractivity contribution in [3.8, 4) is 0 Å². The van der Waals surface area contributed by atoms with Crippen LogP contribution in [-0.2, 0) is 10.8 Å². The van der Waals surface area contributed by atoms with Crippen LogP contribution in [0.15, 0.2) is 0 Å². The molecule has 218 valence electrons. The van der Waals surface area contributed by atoms with Crippen molar-refractivity contribution in [3.63, 3.8) is 0 Å². The van der Waals surface area contributed by atoms with Crippen LogP contribution in [0.4, 0.5) is 43.9 Å². The molecule has 0 spiro atoms. The molecule has 0 aromatic carbocycles. The van der Waals surface area contributed by atoms with Crippen molar-refractivity contribution < 1.29 is 48.1 Å². The Kier molecular flexibility index (Phi) is 16.9. The molecular formula is C22H34Cl2F10OS.